The fraction of sp³-hybridized carbons (Fsp3) is 0.562. The molecule has 1 aliphatic heterocycles. The van der Waals surface area contributed by atoms with Gasteiger partial charge in [-0.25, -0.2) is 0 Å². The van der Waals surface area contributed by atoms with Gasteiger partial charge < -0.3 is 10.6 Å². The fourth-order valence-corrected chi connectivity index (χ4v) is 3.12. The average molecular weight is 260 g/mol. The first kappa shape index (κ1) is 14.1. The number of benzene rings is 1. The number of aryl methyl sites for hydroxylation is 3. The van der Waals surface area contributed by atoms with Gasteiger partial charge in [0.15, 0.2) is 0 Å². The van der Waals surface area contributed by atoms with Crippen molar-refractivity contribution < 1.29 is 4.79 Å². The van der Waals surface area contributed by atoms with Crippen LogP contribution in [-0.2, 0) is 0 Å². The second-order valence-electron chi connectivity index (χ2n) is 5.77. The van der Waals surface area contributed by atoms with Gasteiger partial charge in [-0.1, -0.05) is 17.7 Å². The molecule has 1 fully saturated rings. The minimum atomic E-state index is 0.174. The number of carbonyl (C=O) groups excluding carboxylic acids is 1. The molecule has 1 atom stereocenters. The summed E-state index contributed by atoms with van der Waals surface area (Å²) in [5.74, 6) is 0.636. The maximum Gasteiger partial charge on any atom is 0.254 e. The lowest BCUT2D eigenvalue weighted by atomic mass is 9.95. The molecule has 0 saturated carbocycles. The summed E-state index contributed by atoms with van der Waals surface area (Å²) in [7, 11) is 0. The van der Waals surface area contributed by atoms with Gasteiger partial charge in [-0.2, -0.15) is 0 Å². The third kappa shape index (κ3) is 2.98. The summed E-state index contributed by atoms with van der Waals surface area (Å²) in [6.45, 7) is 8.47. The van der Waals surface area contributed by atoms with Gasteiger partial charge in [-0.05, 0) is 57.2 Å². The smallest absolute Gasteiger partial charge is 0.254 e. The largest absolute Gasteiger partial charge is 0.338 e. The molecule has 0 radical (unpaired) electrons. The molecule has 1 aliphatic rings. The summed E-state index contributed by atoms with van der Waals surface area (Å²) in [5, 5.41) is 0. The second kappa shape index (κ2) is 5.74. The molecule has 1 saturated heterocycles. The lowest BCUT2D eigenvalue weighted by molar-refractivity contribution is 0.0676. The molecule has 1 unspecified atom stereocenters. The third-order valence-corrected chi connectivity index (χ3v) is 4.03. The van der Waals surface area contributed by atoms with Crippen LogP contribution < -0.4 is 5.73 Å². The number of amides is 1. The highest BCUT2D eigenvalue weighted by Gasteiger charge is 2.25. The molecule has 3 nitrogen and oxygen atoms in total. The third-order valence-electron chi connectivity index (χ3n) is 4.03. The van der Waals surface area contributed by atoms with Crippen molar-refractivity contribution in [2.24, 2.45) is 11.7 Å². The summed E-state index contributed by atoms with van der Waals surface area (Å²) >= 11 is 0. The zero-order valence-corrected chi connectivity index (χ0v) is 12.2. The van der Waals surface area contributed by atoms with Crippen molar-refractivity contribution in [1.29, 1.82) is 0 Å². The molecule has 0 spiro atoms. The zero-order chi connectivity index (χ0) is 14.0. The second-order valence-corrected chi connectivity index (χ2v) is 5.77. The first-order valence-corrected chi connectivity index (χ1v) is 7.10. The Kier molecular flexibility index (Phi) is 4.25. The van der Waals surface area contributed by atoms with Crippen LogP contribution in [0.2, 0.25) is 0 Å². The minimum absolute atomic E-state index is 0.174. The number of hydrogen-bond donors (Lipinski definition) is 1. The molecule has 0 aliphatic carbocycles. The minimum Gasteiger partial charge on any atom is -0.338 e. The SMILES string of the molecule is Cc1cc(C)c(C(=O)N2CCCC(CN)C2)c(C)c1. The van der Waals surface area contributed by atoms with E-state index in [0.717, 1.165) is 42.6 Å². The van der Waals surface area contributed by atoms with Crippen molar-refractivity contribution >= 4 is 5.91 Å². The molecule has 1 aromatic carbocycles. The van der Waals surface area contributed by atoms with Gasteiger partial charge in [0.05, 0.1) is 0 Å². The zero-order valence-electron chi connectivity index (χ0n) is 12.2. The molecule has 19 heavy (non-hydrogen) atoms. The van der Waals surface area contributed by atoms with Crippen molar-refractivity contribution in [3.63, 3.8) is 0 Å². The lowest BCUT2D eigenvalue weighted by Crippen LogP contribution is -2.42. The molecule has 1 aromatic rings. The summed E-state index contributed by atoms with van der Waals surface area (Å²) in [6, 6.07) is 4.18. The van der Waals surface area contributed by atoms with Gasteiger partial charge in [0.1, 0.15) is 0 Å². The number of nitrogens with zero attached hydrogens (tertiary/aromatic N) is 1. The fourth-order valence-electron chi connectivity index (χ4n) is 3.12. The Hall–Kier alpha value is -1.35. The maximum absolute atomic E-state index is 12.7. The highest BCUT2D eigenvalue weighted by atomic mass is 16.2. The van der Waals surface area contributed by atoms with Crippen LogP contribution in [0, 0.1) is 26.7 Å². The molecule has 1 amide bonds. The number of rotatable bonds is 2. The van der Waals surface area contributed by atoms with Gasteiger partial charge in [0, 0.05) is 18.7 Å². The number of hydrogen-bond acceptors (Lipinski definition) is 2. The average Bonchev–Trinajstić information content (AvgIpc) is 2.37. The van der Waals surface area contributed by atoms with Gasteiger partial charge in [0.25, 0.3) is 5.91 Å². The molecule has 104 valence electrons. The number of piperidine rings is 1. The molecule has 0 aromatic heterocycles. The Bertz CT molecular complexity index is 459. The van der Waals surface area contributed by atoms with Crippen molar-refractivity contribution in [2.45, 2.75) is 33.6 Å². The Morgan fingerprint density at radius 3 is 2.53 bits per heavy atom. The van der Waals surface area contributed by atoms with Crippen molar-refractivity contribution in [3.8, 4) is 0 Å². The number of nitrogens with two attached hydrogens (primary N) is 1. The van der Waals surface area contributed by atoms with Crippen LogP contribution in [0.3, 0.4) is 0 Å². The van der Waals surface area contributed by atoms with E-state index in [-0.39, 0.29) is 5.91 Å². The van der Waals surface area contributed by atoms with E-state index in [2.05, 4.69) is 19.1 Å². The Morgan fingerprint density at radius 2 is 1.95 bits per heavy atom. The quantitative estimate of drug-likeness (QED) is 0.887. The first-order valence-electron chi connectivity index (χ1n) is 7.10. The summed E-state index contributed by atoms with van der Waals surface area (Å²) in [4.78, 5) is 14.7. The van der Waals surface area contributed by atoms with E-state index >= 15 is 0 Å². The maximum atomic E-state index is 12.7. The van der Waals surface area contributed by atoms with Crippen LogP contribution in [0.1, 0.15) is 39.9 Å². The van der Waals surface area contributed by atoms with Crippen molar-refractivity contribution in [3.05, 3.63) is 34.4 Å². The van der Waals surface area contributed by atoms with E-state index in [4.69, 9.17) is 5.73 Å². The van der Waals surface area contributed by atoms with Gasteiger partial charge >= 0.3 is 0 Å². The van der Waals surface area contributed by atoms with Gasteiger partial charge in [0.2, 0.25) is 0 Å². The van der Waals surface area contributed by atoms with Crippen LogP contribution in [0.25, 0.3) is 0 Å². The highest BCUT2D eigenvalue weighted by Crippen LogP contribution is 2.22. The van der Waals surface area contributed by atoms with Crippen molar-refractivity contribution in [1.82, 2.24) is 4.90 Å². The van der Waals surface area contributed by atoms with E-state index in [1.54, 1.807) is 0 Å². The van der Waals surface area contributed by atoms with E-state index in [1.807, 2.05) is 18.7 Å². The topological polar surface area (TPSA) is 46.3 Å². The molecular formula is C16H24N2O. The first-order chi connectivity index (χ1) is 9.02. The van der Waals surface area contributed by atoms with Crippen LogP contribution in [0.5, 0.6) is 0 Å². The lowest BCUT2D eigenvalue weighted by Gasteiger charge is -2.33. The Morgan fingerprint density at radius 1 is 1.32 bits per heavy atom. The molecular weight excluding hydrogens is 236 g/mol. The molecule has 3 heteroatoms. The standard InChI is InChI=1S/C16H24N2O/c1-11-7-12(2)15(13(3)8-11)16(19)18-6-4-5-14(9-17)10-18/h7-8,14H,4-6,9-10,17H2,1-3H3. The number of likely N-dealkylation sites (tertiary alicyclic amines) is 1. The van der Waals surface area contributed by atoms with E-state index in [9.17, 15) is 4.79 Å². The number of carbonyl (C=O) groups is 1. The van der Waals surface area contributed by atoms with Crippen LogP contribution in [0.15, 0.2) is 12.1 Å². The predicted octanol–water partition coefficient (Wildman–Crippen LogP) is 2.42. The molecule has 1 heterocycles. The normalized spacial score (nSPS) is 19.6. The summed E-state index contributed by atoms with van der Waals surface area (Å²) < 4.78 is 0. The monoisotopic (exact) mass is 260 g/mol. The Labute approximate surface area is 115 Å². The summed E-state index contributed by atoms with van der Waals surface area (Å²) in [6.07, 6.45) is 2.21. The predicted molar refractivity (Wildman–Crippen MR) is 78.3 cm³/mol. The van der Waals surface area contributed by atoms with E-state index < -0.39 is 0 Å². The van der Waals surface area contributed by atoms with Crippen LogP contribution in [-0.4, -0.2) is 30.4 Å². The molecule has 2 rings (SSSR count). The van der Waals surface area contributed by atoms with Gasteiger partial charge in [-0.15, -0.1) is 0 Å². The summed E-state index contributed by atoms with van der Waals surface area (Å²) in [5.41, 5.74) is 10.00. The van der Waals surface area contributed by atoms with Crippen molar-refractivity contribution in [2.75, 3.05) is 19.6 Å². The Balaban J connectivity index is 2.24. The van der Waals surface area contributed by atoms with E-state index in [0.29, 0.717) is 12.5 Å². The highest BCUT2D eigenvalue weighted by molar-refractivity contribution is 5.97. The van der Waals surface area contributed by atoms with Crippen LogP contribution >= 0.6 is 0 Å². The molecule has 2 N–H and O–H groups in total. The van der Waals surface area contributed by atoms with Crippen LogP contribution in [0.4, 0.5) is 0 Å². The molecule has 0 bridgehead atoms. The van der Waals surface area contributed by atoms with E-state index in [1.165, 1.54) is 5.56 Å². The van der Waals surface area contributed by atoms with Gasteiger partial charge in [-0.3, -0.25) is 4.79 Å².